The van der Waals surface area contributed by atoms with Crippen LogP contribution in [0.5, 0.6) is 0 Å². The lowest BCUT2D eigenvalue weighted by atomic mass is 9.82. The summed E-state index contributed by atoms with van der Waals surface area (Å²) in [6, 6.07) is 12.1. The molecule has 39 heavy (non-hydrogen) atoms. The molecule has 2 rings (SSSR count). The number of allylic oxidation sites excluding steroid dienone is 1. The van der Waals surface area contributed by atoms with Crippen molar-refractivity contribution in [2.24, 2.45) is 5.41 Å². The maximum absolute atomic E-state index is 12.9. The average molecular weight is 557 g/mol. The fourth-order valence-electron chi connectivity index (χ4n) is 3.02. The zero-order chi connectivity index (χ0) is 29.4. The number of nitrogens with one attached hydrogen (secondary N) is 4. The van der Waals surface area contributed by atoms with E-state index in [0.717, 1.165) is 11.0 Å². The molecule has 0 aliphatic carbocycles. The molecular weight excluding hydrogens is 519 g/mol. The Balaban J connectivity index is 2.17. The van der Waals surface area contributed by atoms with Crippen molar-refractivity contribution in [2.45, 2.75) is 59.7 Å². The number of aryl methyl sites for hydroxylation is 1. The van der Waals surface area contributed by atoms with Crippen LogP contribution in [0.1, 0.15) is 47.1 Å². The summed E-state index contributed by atoms with van der Waals surface area (Å²) in [6.07, 6.45) is 1.47. The van der Waals surface area contributed by atoms with Crippen molar-refractivity contribution in [1.82, 2.24) is 5.32 Å². The van der Waals surface area contributed by atoms with E-state index in [-0.39, 0.29) is 25.6 Å². The van der Waals surface area contributed by atoms with Crippen LogP contribution in [-0.4, -0.2) is 48.6 Å². The van der Waals surface area contributed by atoms with Crippen molar-refractivity contribution in [1.29, 1.82) is 5.41 Å². The molecule has 0 saturated heterocycles. The minimum absolute atomic E-state index is 0.00843. The van der Waals surface area contributed by atoms with Crippen LogP contribution in [0, 0.1) is 17.7 Å². The highest BCUT2D eigenvalue weighted by Crippen LogP contribution is 2.25. The first-order chi connectivity index (χ1) is 18.0. The number of carbonyl (C=O) groups excluding carboxylic acids is 2. The molecule has 0 bridgehead atoms. The van der Waals surface area contributed by atoms with Gasteiger partial charge in [-0.2, -0.15) is 0 Å². The van der Waals surface area contributed by atoms with Crippen LogP contribution in [0.4, 0.5) is 16.2 Å². The van der Waals surface area contributed by atoms with Gasteiger partial charge in [0.15, 0.2) is 0 Å². The van der Waals surface area contributed by atoms with Gasteiger partial charge in [0.2, 0.25) is 0 Å². The van der Waals surface area contributed by atoms with Crippen LogP contribution >= 0.6 is 11.6 Å². The highest BCUT2D eigenvalue weighted by atomic mass is 35.5. The average Bonchev–Trinajstić information content (AvgIpc) is 2.83. The van der Waals surface area contributed by atoms with Crippen LogP contribution in [0.2, 0.25) is 5.02 Å². The van der Waals surface area contributed by atoms with Crippen molar-refractivity contribution >= 4 is 54.1 Å². The molecule has 0 fully saturated rings. The number of benzene rings is 2. The smallest absolute Gasteiger partial charge is 0.324 e. The Bertz CT molecular complexity index is 1210. The molecule has 0 radical (unpaired) electrons. The Morgan fingerprint density at radius 3 is 2.28 bits per heavy atom. The number of carbonyl (C=O) groups is 2. The quantitative estimate of drug-likeness (QED) is 0.140. The Kier molecular flexibility index (Phi) is 10.7. The first-order valence-corrected chi connectivity index (χ1v) is 12.8. The highest BCUT2D eigenvalue weighted by molar-refractivity contribution is 6.48. The van der Waals surface area contributed by atoms with Crippen molar-refractivity contribution in [3.63, 3.8) is 0 Å². The summed E-state index contributed by atoms with van der Waals surface area (Å²) < 4.78 is 10.7. The van der Waals surface area contributed by atoms with E-state index < -0.39 is 22.6 Å². The van der Waals surface area contributed by atoms with Gasteiger partial charge in [-0.15, -0.1) is 0 Å². The summed E-state index contributed by atoms with van der Waals surface area (Å²) in [4.78, 5) is 23.6. The third-order valence-electron chi connectivity index (χ3n) is 6.46. The number of amides is 2. The Morgan fingerprint density at radius 1 is 1.08 bits per heavy atom. The Labute approximate surface area is 236 Å². The van der Waals surface area contributed by atoms with Crippen molar-refractivity contribution in [2.75, 3.05) is 17.2 Å². The summed E-state index contributed by atoms with van der Waals surface area (Å²) in [7, 11) is 0.224. The number of ether oxygens (including phenoxy) is 1. The SMILES string of the molecule is Cc1ccc(N/C(=C\C(=N)C(C)(C)COC=O)NC(=O)Nc2ccc(BOC(C)(C)C(C)(C)O)cc2Cl)cc1. The van der Waals surface area contributed by atoms with Gasteiger partial charge in [-0.05, 0) is 58.9 Å². The summed E-state index contributed by atoms with van der Waals surface area (Å²) in [6.45, 7) is 12.8. The molecule has 11 heteroatoms. The molecule has 0 aliphatic rings. The number of hydrogen-bond acceptors (Lipinski definition) is 7. The van der Waals surface area contributed by atoms with Crippen LogP contribution in [0.3, 0.4) is 0 Å². The number of urea groups is 1. The molecular formula is C28H38BClN4O5. The van der Waals surface area contributed by atoms with Gasteiger partial charge < -0.3 is 30.5 Å². The van der Waals surface area contributed by atoms with E-state index in [0.29, 0.717) is 22.9 Å². The molecule has 5 N–H and O–H groups in total. The third kappa shape index (κ3) is 9.73. The van der Waals surface area contributed by atoms with Gasteiger partial charge in [0, 0.05) is 22.9 Å². The minimum atomic E-state index is -1.04. The molecule has 0 unspecified atom stereocenters. The number of anilines is 2. The van der Waals surface area contributed by atoms with Crippen LogP contribution < -0.4 is 21.4 Å². The third-order valence-corrected chi connectivity index (χ3v) is 6.78. The van der Waals surface area contributed by atoms with Crippen molar-refractivity contribution in [3.8, 4) is 0 Å². The summed E-state index contributed by atoms with van der Waals surface area (Å²) in [5.41, 5.74) is 0.451. The van der Waals surface area contributed by atoms with E-state index in [4.69, 9.17) is 26.4 Å². The summed E-state index contributed by atoms with van der Waals surface area (Å²) >= 11 is 6.43. The maximum atomic E-state index is 12.9. The summed E-state index contributed by atoms with van der Waals surface area (Å²) in [5, 5.41) is 27.7. The second-order valence-corrected chi connectivity index (χ2v) is 11.4. The number of aliphatic hydroxyl groups is 1. The van der Waals surface area contributed by atoms with Gasteiger partial charge in [0.05, 0.1) is 21.9 Å². The molecule has 210 valence electrons. The molecule has 0 atom stereocenters. The number of hydrogen-bond donors (Lipinski definition) is 5. The first kappa shape index (κ1) is 31.9. The second kappa shape index (κ2) is 13.1. The van der Waals surface area contributed by atoms with E-state index in [9.17, 15) is 14.7 Å². The van der Waals surface area contributed by atoms with Crippen LogP contribution in [0.25, 0.3) is 0 Å². The number of rotatable bonds is 13. The normalized spacial score (nSPS) is 12.4. The predicted octanol–water partition coefficient (Wildman–Crippen LogP) is 4.49. The van der Waals surface area contributed by atoms with Gasteiger partial charge >= 0.3 is 13.5 Å². The molecule has 0 aromatic heterocycles. The van der Waals surface area contributed by atoms with E-state index in [1.165, 1.54) is 6.08 Å². The minimum Gasteiger partial charge on any atom is -0.467 e. The second-order valence-electron chi connectivity index (χ2n) is 11.0. The Hall–Kier alpha value is -3.34. The molecule has 0 spiro atoms. The standard InChI is InChI=1S/C28H38BClN4O5/c1-18-8-11-20(12-9-18)32-24(15-23(31)26(2,3)16-38-17-35)34-25(36)33-22-13-10-19(14-21(22)30)29-39-28(6,7)27(4,5)37/h8-15,17,29,31-32,37H,16H2,1-7H3,(H2,33,34,36)/b24-15+,31-23?. The van der Waals surface area contributed by atoms with Crippen molar-refractivity contribution < 1.29 is 24.1 Å². The molecule has 9 nitrogen and oxygen atoms in total. The van der Waals surface area contributed by atoms with Gasteiger partial charge in [-0.3, -0.25) is 10.1 Å². The van der Waals surface area contributed by atoms with Crippen molar-refractivity contribution in [3.05, 3.63) is 64.9 Å². The van der Waals surface area contributed by atoms with E-state index in [2.05, 4.69) is 16.0 Å². The lowest BCUT2D eigenvalue weighted by molar-refractivity contribution is -0.130. The topological polar surface area (TPSA) is 133 Å². The fourth-order valence-corrected chi connectivity index (χ4v) is 3.27. The fraction of sp³-hybridized carbons (Fsp3) is 0.393. The van der Waals surface area contributed by atoms with E-state index in [1.807, 2.05) is 31.2 Å². The first-order valence-electron chi connectivity index (χ1n) is 12.5. The number of halogens is 1. The molecule has 0 aliphatic heterocycles. The van der Waals surface area contributed by atoms with E-state index in [1.54, 1.807) is 59.7 Å². The lowest BCUT2D eigenvalue weighted by Gasteiger charge is -2.37. The van der Waals surface area contributed by atoms with E-state index >= 15 is 0 Å². The van der Waals surface area contributed by atoms with Gasteiger partial charge in [-0.1, -0.05) is 54.7 Å². The monoisotopic (exact) mass is 556 g/mol. The van der Waals surface area contributed by atoms with Gasteiger partial charge in [-0.25, -0.2) is 4.79 Å². The van der Waals surface area contributed by atoms with Gasteiger partial charge in [0.1, 0.15) is 12.4 Å². The Morgan fingerprint density at radius 2 is 1.72 bits per heavy atom. The molecule has 2 aromatic rings. The zero-order valence-electron chi connectivity index (χ0n) is 23.6. The zero-order valence-corrected chi connectivity index (χ0v) is 24.3. The van der Waals surface area contributed by atoms with Crippen LogP contribution in [0.15, 0.2) is 54.4 Å². The van der Waals surface area contributed by atoms with Gasteiger partial charge in [0.25, 0.3) is 6.47 Å². The maximum Gasteiger partial charge on any atom is 0.324 e. The molecule has 2 amide bonds. The summed E-state index contributed by atoms with van der Waals surface area (Å²) in [5.74, 6) is 0.246. The predicted molar refractivity (Wildman–Crippen MR) is 158 cm³/mol. The lowest BCUT2D eigenvalue weighted by Crippen LogP contribution is -2.49. The molecule has 0 heterocycles. The van der Waals surface area contributed by atoms with Crippen LogP contribution in [-0.2, 0) is 14.2 Å². The largest absolute Gasteiger partial charge is 0.467 e. The highest BCUT2D eigenvalue weighted by Gasteiger charge is 2.35. The molecule has 2 aromatic carbocycles. The molecule has 0 saturated carbocycles.